The Labute approximate surface area is 126 Å². The molecule has 0 radical (unpaired) electrons. The molecule has 0 fully saturated rings. The van der Waals surface area contributed by atoms with Crippen LogP contribution in [-0.2, 0) is 0 Å². The molecule has 3 heteroatoms. The lowest BCUT2D eigenvalue weighted by Crippen LogP contribution is -2.06. The quantitative estimate of drug-likeness (QED) is 0.643. The fourth-order valence-corrected chi connectivity index (χ4v) is 2.08. The molecule has 0 unspecified atom stereocenters. The van der Waals surface area contributed by atoms with E-state index in [2.05, 4.69) is 19.9 Å². The third kappa shape index (κ3) is 4.15. The first-order valence-corrected chi connectivity index (χ1v) is 7.26. The third-order valence-corrected chi connectivity index (χ3v) is 3.57. The summed E-state index contributed by atoms with van der Waals surface area (Å²) >= 11 is 0. The summed E-state index contributed by atoms with van der Waals surface area (Å²) in [5.74, 6) is 1.80. The highest BCUT2D eigenvalue weighted by Gasteiger charge is 2.02. The van der Waals surface area contributed by atoms with Gasteiger partial charge in [-0.2, -0.15) is 0 Å². The van der Waals surface area contributed by atoms with E-state index in [1.165, 1.54) is 11.1 Å². The van der Waals surface area contributed by atoms with Crippen LogP contribution in [0.4, 0.5) is 5.69 Å². The topological polar surface area (TPSA) is 44.5 Å². The van der Waals surface area contributed by atoms with Crippen molar-refractivity contribution in [2.45, 2.75) is 27.2 Å². The lowest BCUT2D eigenvalue weighted by Gasteiger charge is -2.12. The summed E-state index contributed by atoms with van der Waals surface area (Å²) in [6.07, 6.45) is 0.835. The van der Waals surface area contributed by atoms with Gasteiger partial charge in [-0.1, -0.05) is 18.2 Å². The molecule has 21 heavy (non-hydrogen) atoms. The summed E-state index contributed by atoms with van der Waals surface area (Å²) in [5.41, 5.74) is 10.0. The molecule has 0 heterocycles. The Morgan fingerprint density at radius 2 is 1.57 bits per heavy atom. The zero-order valence-electron chi connectivity index (χ0n) is 13.0. The largest absolute Gasteiger partial charge is 0.493 e. The zero-order chi connectivity index (χ0) is 15.2. The Hall–Kier alpha value is -2.16. The molecule has 0 spiro atoms. The summed E-state index contributed by atoms with van der Waals surface area (Å²) < 4.78 is 11.6. The molecule has 0 aromatic heterocycles. The van der Waals surface area contributed by atoms with Crippen molar-refractivity contribution in [1.82, 2.24) is 0 Å². The summed E-state index contributed by atoms with van der Waals surface area (Å²) in [6, 6.07) is 11.8. The Morgan fingerprint density at radius 3 is 2.33 bits per heavy atom. The standard InChI is InChI=1S/C18H23NO2/c1-13-6-4-7-17(15(13)3)20-10-5-11-21-18-12-16(19)9-8-14(18)2/h4,6-9,12H,5,10-11,19H2,1-3H3. The van der Waals surface area contributed by atoms with E-state index < -0.39 is 0 Å². The van der Waals surface area contributed by atoms with E-state index in [-0.39, 0.29) is 0 Å². The molecule has 0 saturated heterocycles. The molecule has 2 N–H and O–H groups in total. The van der Waals surface area contributed by atoms with Crippen LogP contribution in [0.1, 0.15) is 23.1 Å². The second kappa shape index (κ2) is 7.02. The summed E-state index contributed by atoms with van der Waals surface area (Å²) in [4.78, 5) is 0. The van der Waals surface area contributed by atoms with Crippen LogP contribution in [0.25, 0.3) is 0 Å². The second-order valence-electron chi connectivity index (χ2n) is 5.27. The van der Waals surface area contributed by atoms with Gasteiger partial charge in [0, 0.05) is 18.2 Å². The van der Waals surface area contributed by atoms with Crippen LogP contribution >= 0.6 is 0 Å². The summed E-state index contributed by atoms with van der Waals surface area (Å²) in [7, 11) is 0. The minimum atomic E-state index is 0.620. The molecule has 0 aliphatic rings. The highest BCUT2D eigenvalue weighted by molar-refractivity contribution is 5.47. The maximum atomic E-state index is 5.80. The SMILES string of the molecule is Cc1ccc(N)cc1OCCCOc1cccc(C)c1C. The number of hydrogen-bond acceptors (Lipinski definition) is 3. The summed E-state index contributed by atoms with van der Waals surface area (Å²) in [5, 5.41) is 0. The van der Waals surface area contributed by atoms with Crippen LogP contribution in [0, 0.1) is 20.8 Å². The van der Waals surface area contributed by atoms with Gasteiger partial charge in [0.2, 0.25) is 0 Å². The average molecular weight is 285 g/mol. The van der Waals surface area contributed by atoms with E-state index in [1.807, 2.05) is 37.3 Å². The van der Waals surface area contributed by atoms with Gasteiger partial charge in [-0.25, -0.2) is 0 Å². The lowest BCUT2D eigenvalue weighted by molar-refractivity contribution is 0.246. The van der Waals surface area contributed by atoms with E-state index in [0.717, 1.165) is 29.2 Å². The van der Waals surface area contributed by atoms with Gasteiger partial charge in [0.1, 0.15) is 11.5 Å². The molecule has 0 amide bonds. The van der Waals surface area contributed by atoms with E-state index in [9.17, 15) is 0 Å². The Balaban J connectivity index is 1.78. The van der Waals surface area contributed by atoms with Crippen molar-refractivity contribution in [3.05, 3.63) is 53.1 Å². The number of anilines is 1. The Bertz CT molecular complexity index is 604. The van der Waals surface area contributed by atoms with Gasteiger partial charge in [-0.3, -0.25) is 0 Å². The summed E-state index contributed by atoms with van der Waals surface area (Å²) in [6.45, 7) is 7.45. The molecule has 0 aliphatic carbocycles. The molecule has 0 saturated carbocycles. The fraction of sp³-hybridized carbons (Fsp3) is 0.333. The second-order valence-corrected chi connectivity index (χ2v) is 5.27. The molecule has 2 rings (SSSR count). The highest BCUT2D eigenvalue weighted by Crippen LogP contribution is 2.22. The van der Waals surface area contributed by atoms with Gasteiger partial charge < -0.3 is 15.2 Å². The minimum Gasteiger partial charge on any atom is -0.493 e. The van der Waals surface area contributed by atoms with Crippen LogP contribution in [0.2, 0.25) is 0 Å². The van der Waals surface area contributed by atoms with Crippen LogP contribution in [0.5, 0.6) is 11.5 Å². The van der Waals surface area contributed by atoms with Gasteiger partial charge >= 0.3 is 0 Å². The fourth-order valence-electron chi connectivity index (χ4n) is 2.08. The van der Waals surface area contributed by atoms with Gasteiger partial charge in [-0.05, 0) is 49.6 Å². The van der Waals surface area contributed by atoms with Crippen molar-refractivity contribution in [1.29, 1.82) is 0 Å². The molecular formula is C18H23NO2. The van der Waals surface area contributed by atoms with Gasteiger partial charge in [0.25, 0.3) is 0 Å². The van der Waals surface area contributed by atoms with Crippen LogP contribution < -0.4 is 15.2 Å². The Morgan fingerprint density at radius 1 is 0.857 bits per heavy atom. The normalized spacial score (nSPS) is 10.4. The molecule has 2 aromatic carbocycles. The van der Waals surface area contributed by atoms with E-state index in [0.29, 0.717) is 13.2 Å². The van der Waals surface area contributed by atoms with Crippen molar-refractivity contribution in [3.63, 3.8) is 0 Å². The smallest absolute Gasteiger partial charge is 0.124 e. The van der Waals surface area contributed by atoms with E-state index in [4.69, 9.17) is 15.2 Å². The van der Waals surface area contributed by atoms with Crippen LogP contribution in [0.15, 0.2) is 36.4 Å². The monoisotopic (exact) mass is 285 g/mol. The molecule has 3 nitrogen and oxygen atoms in total. The van der Waals surface area contributed by atoms with Gasteiger partial charge in [0.15, 0.2) is 0 Å². The number of hydrogen-bond donors (Lipinski definition) is 1. The molecule has 0 aliphatic heterocycles. The number of ether oxygens (including phenoxy) is 2. The van der Waals surface area contributed by atoms with Gasteiger partial charge in [0.05, 0.1) is 13.2 Å². The average Bonchev–Trinajstić information content (AvgIpc) is 2.46. The number of benzene rings is 2. The first-order chi connectivity index (χ1) is 10.1. The lowest BCUT2D eigenvalue weighted by atomic mass is 10.1. The highest BCUT2D eigenvalue weighted by atomic mass is 16.5. The maximum Gasteiger partial charge on any atom is 0.124 e. The molecule has 0 bridgehead atoms. The van der Waals surface area contributed by atoms with Crippen molar-refractivity contribution in [2.75, 3.05) is 18.9 Å². The van der Waals surface area contributed by atoms with Crippen LogP contribution in [0.3, 0.4) is 0 Å². The first kappa shape index (κ1) is 15.2. The molecular weight excluding hydrogens is 262 g/mol. The van der Waals surface area contributed by atoms with E-state index in [1.54, 1.807) is 0 Å². The van der Waals surface area contributed by atoms with Gasteiger partial charge in [-0.15, -0.1) is 0 Å². The first-order valence-electron chi connectivity index (χ1n) is 7.26. The number of nitrogen functional groups attached to an aromatic ring is 1. The van der Waals surface area contributed by atoms with Crippen molar-refractivity contribution in [3.8, 4) is 11.5 Å². The third-order valence-electron chi connectivity index (χ3n) is 3.57. The number of nitrogens with two attached hydrogens (primary N) is 1. The minimum absolute atomic E-state index is 0.620. The zero-order valence-corrected chi connectivity index (χ0v) is 13.0. The number of rotatable bonds is 6. The van der Waals surface area contributed by atoms with E-state index >= 15 is 0 Å². The van der Waals surface area contributed by atoms with Crippen molar-refractivity contribution in [2.24, 2.45) is 0 Å². The molecule has 0 atom stereocenters. The number of aryl methyl sites for hydroxylation is 2. The molecule has 2 aromatic rings. The van der Waals surface area contributed by atoms with Crippen molar-refractivity contribution < 1.29 is 9.47 Å². The predicted molar refractivity (Wildman–Crippen MR) is 87.1 cm³/mol. The predicted octanol–water partition coefficient (Wildman–Crippen LogP) is 4.04. The maximum absolute atomic E-state index is 5.80. The van der Waals surface area contributed by atoms with Crippen LogP contribution in [-0.4, -0.2) is 13.2 Å². The van der Waals surface area contributed by atoms with Crippen molar-refractivity contribution >= 4 is 5.69 Å². The Kier molecular flexibility index (Phi) is 5.09. The molecule has 112 valence electrons.